The van der Waals surface area contributed by atoms with Crippen molar-refractivity contribution in [2.24, 2.45) is 11.7 Å². The molecule has 1 aromatic rings. The topological polar surface area (TPSA) is 38.9 Å². The van der Waals surface area contributed by atoms with Crippen LogP contribution in [0, 0.1) is 5.92 Å². The average molecular weight is 182 g/mol. The Balaban J connectivity index is 2.02. The summed E-state index contributed by atoms with van der Waals surface area (Å²) in [6.45, 7) is 2.01. The minimum atomic E-state index is 0.149. The maximum absolute atomic E-state index is 5.74. The van der Waals surface area contributed by atoms with E-state index in [4.69, 9.17) is 5.73 Å². The fourth-order valence-electron chi connectivity index (χ4n) is 1.20. The molecule has 0 amide bonds. The molecule has 3 heteroatoms. The Morgan fingerprint density at radius 2 is 2.50 bits per heavy atom. The molecule has 1 saturated carbocycles. The third-order valence-corrected chi connectivity index (χ3v) is 3.40. The van der Waals surface area contributed by atoms with Crippen LogP contribution in [0.25, 0.3) is 0 Å². The van der Waals surface area contributed by atoms with Crippen LogP contribution in [0.4, 0.5) is 0 Å². The number of hydrogen-bond donors (Lipinski definition) is 1. The minimum Gasteiger partial charge on any atom is -0.323 e. The van der Waals surface area contributed by atoms with E-state index in [-0.39, 0.29) is 6.04 Å². The predicted octanol–water partition coefficient (Wildman–Crippen LogP) is 2.12. The molecule has 2 nitrogen and oxygen atoms in total. The number of nitrogens with zero attached hydrogens (tertiary/aromatic N) is 1. The summed E-state index contributed by atoms with van der Waals surface area (Å²) in [4.78, 5) is 5.57. The van der Waals surface area contributed by atoms with Crippen molar-refractivity contribution in [3.05, 3.63) is 16.1 Å². The lowest BCUT2D eigenvalue weighted by molar-refractivity contribution is 0.821. The molecule has 1 heterocycles. The first-order chi connectivity index (χ1) is 5.75. The van der Waals surface area contributed by atoms with Crippen molar-refractivity contribution in [1.82, 2.24) is 4.98 Å². The first-order valence-electron chi connectivity index (χ1n) is 4.46. The van der Waals surface area contributed by atoms with E-state index in [0.29, 0.717) is 0 Å². The quantitative estimate of drug-likeness (QED) is 0.777. The summed E-state index contributed by atoms with van der Waals surface area (Å²) in [5, 5.41) is 1.27. The highest BCUT2D eigenvalue weighted by Gasteiger charge is 2.22. The van der Waals surface area contributed by atoms with Gasteiger partial charge in [0, 0.05) is 23.5 Å². The maximum Gasteiger partial charge on any atom is 0.0931 e. The Bertz CT molecular complexity index is 263. The molecule has 2 N–H and O–H groups in total. The van der Waals surface area contributed by atoms with Gasteiger partial charge in [0.05, 0.1) is 5.01 Å². The molecule has 1 fully saturated rings. The SMILES string of the molecule is CC(N)c1cnc(CC2CC2)s1. The number of aromatic nitrogens is 1. The van der Waals surface area contributed by atoms with Crippen molar-refractivity contribution in [3.8, 4) is 0 Å². The maximum atomic E-state index is 5.74. The first kappa shape index (κ1) is 8.20. The van der Waals surface area contributed by atoms with Gasteiger partial charge in [0.1, 0.15) is 0 Å². The second kappa shape index (κ2) is 3.15. The molecule has 12 heavy (non-hydrogen) atoms. The van der Waals surface area contributed by atoms with Crippen molar-refractivity contribution >= 4 is 11.3 Å². The van der Waals surface area contributed by atoms with Crippen LogP contribution in [-0.2, 0) is 6.42 Å². The molecule has 0 spiro atoms. The van der Waals surface area contributed by atoms with Crippen molar-refractivity contribution in [2.45, 2.75) is 32.2 Å². The van der Waals surface area contributed by atoms with E-state index in [1.54, 1.807) is 11.3 Å². The van der Waals surface area contributed by atoms with Gasteiger partial charge in [0.25, 0.3) is 0 Å². The second-order valence-corrected chi connectivity index (χ2v) is 4.74. The highest BCUT2D eigenvalue weighted by atomic mass is 32.1. The number of nitrogens with two attached hydrogens (primary N) is 1. The van der Waals surface area contributed by atoms with Gasteiger partial charge in [-0.3, -0.25) is 0 Å². The van der Waals surface area contributed by atoms with Gasteiger partial charge in [0.15, 0.2) is 0 Å². The Kier molecular flexibility index (Phi) is 2.15. The Morgan fingerprint density at radius 3 is 3.00 bits per heavy atom. The Hall–Kier alpha value is -0.410. The zero-order valence-corrected chi connectivity index (χ0v) is 8.10. The molecule has 0 bridgehead atoms. The Morgan fingerprint density at radius 1 is 1.75 bits per heavy atom. The number of hydrogen-bond acceptors (Lipinski definition) is 3. The predicted molar refractivity (Wildman–Crippen MR) is 51.1 cm³/mol. The molecule has 0 radical (unpaired) electrons. The molecule has 1 unspecified atom stereocenters. The second-order valence-electron chi connectivity index (χ2n) is 3.59. The average Bonchev–Trinajstić information content (AvgIpc) is 2.66. The van der Waals surface area contributed by atoms with Gasteiger partial charge < -0.3 is 5.73 Å². The molecule has 0 aromatic carbocycles. The van der Waals surface area contributed by atoms with Gasteiger partial charge in [-0.2, -0.15) is 0 Å². The summed E-state index contributed by atoms with van der Waals surface area (Å²) in [7, 11) is 0. The van der Waals surface area contributed by atoms with Crippen LogP contribution in [0.3, 0.4) is 0 Å². The largest absolute Gasteiger partial charge is 0.323 e. The zero-order chi connectivity index (χ0) is 8.55. The molecular weight excluding hydrogens is 168 g/mol. The molecular formula is C9H14N2S. The lowest BCUT2D eigenvalue weighted by Crippen LogP contribution is -2.01. The minimum absolute atomic E-state index is 0.149. The van der Waals surface area contributed by atoms with E-state index in [1.807, 2.05) is 13.1 Å². The van der Waals surface area contributed by atoms with Crippen LogP contribution >= 0.6 is 11.3 Å². The van der Waals surface area contributed by atoms with Crippen molar-refractivity contribution < 1.29 is 0 Å². The lowest BCUT2D eigenvalue weighted by Gasteiger charge is -1.96. The third-order valence-electron chi connectivity index (χ3n) is 2.18. The van der Waals surface area contributed by atoms with Crippen LogP contribution < -0.4 is 5.73 Å². The standard InChI is InChI=1S/C9H14N2S/c1-6(10)8-5-11-9(12-8)4-7-2-3-7/h5-7H,2-4,10H2,1H3. The van der Waals surface area contributed by atoms with E-state index in [1.165, 1.54) is 29.1 Å². The van der Waals surface area contributed by atoms with E-state index in [9.17, 15) is 0 Å². The summed E-state index contributed by atoms with van der Waals surface area (Å²) < 4.78 is 0. The highest BCUT2D eigenvalue weighted by Crippen LogP contribution is 2.34. The summed E-state index contributed by atoms with van der Waals surface area (Å²) in [6, 6.07) is 0.149. The highest BCUT2D eigenvalue weighted by molar-refractivity contribution is 7.11. The van der Waals surface area contributed by atoms with Crippen molar-refractivity contribution in [3.63, 3.8) is 0 Å². The fraction of sp³-hybridized carbons (Fsp3) is 0.667. The summed E-state index contributed by atoms with van der Waals surface area (Å²) in [5.74, 6) is 0.928. The van der Waals surface area contributed by atoms with Gasteiger partial charge in [-0.05, 0) is 25.7 Å². The van der Waals surface area contributed by atoms with Crippen LogP contribution in [0.2, 0.25) is 0 Å². The van der Waals surface area contributed by atoms with E-state index in [2.05, 4.69) is 4.98 Å². The van der Waals surface area contributed by atoms with Gasteiger partial charge in [-0.25, -0.2) is 4.98 Å². The molecule has 0 saturated heterocycles. The van der Waals surface area contributed by atoms with E-state index < -0.39 is 0 Å². The lowest BCUT2D eigenvalue weighted by atomic mass is 10.3. The van der Waals surface area contributed by atoms with Crippen molar-refractivity contribution in [2.75, 3.05) is 0 Å². The van der Waals surface area contributed by atoms with Gasteiger partial charge in [-0.1, -0.05) is 0 Å². The number of thiazole rings is 1. The van der Waals surface area contributed by atoms with Crippen LogP contribution in [0.15, 0.2) is 6.20 Å². The third kappa shape index (κ3) is 1.84. The smallest absolute Gasteiger partial charge is 0.0931 e. The van der Waals surface area contributed by atoms with Gasteiger partial charge >= 0.3 is 0 Å². The normalized spacial score (nSPS) is 19.5. The van der Waals surface area contributed by atoms with Crippen LogP contribution in [-0.4, -0.2) is 4.98 Å². The van der Waals surface area contributed by atoms with E-state index >= 15 is 0 Å². The van der Waals surface area contributed by atoms with E-state index in [0.717, 1.165) is 5.92 Å². The molecule has 2 rings (SSSR count). The molecule has 0 aliphatic heterocycles. The molecule has 1 atom stereocenters. The van der Waals surface area contributed by atoms with Gasteiger partial charge in [0.2, 0.25) is 0 Å². The van der Waals surface area contributed by atoms with Crippen molar-refractivity contribution in [1.29, 1.82) is 0 Å². The monoisotopic (exact) mass is 182 g/mol. The van der Waals surface area contributed by atoms with Crippen LogP contribution in [0.1, 0.15) is 35.7 Å². The molecule has 1 aliphatic rings. The fourth-order valence-corrected chi connectivity index (χ4v) is 2.19. The Labute approximate surface area is 76.8 Å². The van der Waals surface area contributed by atoms with Gasteiger partial charge in [-0.15, -0.1) is 11.3 Å². The summed E-state index contributed by atoms with van der Waals surface area (Å²) in [6.07, 6.45) is 5.89. The first-order valence-corrected chi connectivity index (χ1v) is 5.27. The number of rotatable bonds is 3. The summed E-state index contributed by atoms with van der Waals surface area (Å²) in [5.41, 5.74) is 5.74. The zero-order valence-electron chi connectivity index (χ0n) is 7.29. The molecule has 1 aromatic heterocycles. The summed E-state index contributed by atoms with van der Waals surface area (Å²) >= 11 is 1.77. The molecule has 1 aliphatic carbocycles. The molecule has 66 valence electrons. The van der Waals surface area contributed by atoms with Crippen LogP contribution in [0.5, 0.6) is 0 Å².